The van der Waals surface area contributed by atoms with E-state index in [1.807, 2.05) is 0 Å². The van der Waals surface area contributed by atoms with Gasteiger partial charge in [0.25, 0.3) is 0 Å². The van der Waals surface area contributed by atoms with E-state index in [9.17, 15) is 9.59 Å². The van der Waals surface area contributed by atoms with Crippen LogP contribution in [0.3, 0.4) is 0 Å². The van der Waals surface area contributed by atoms with Crippen LogP contribution in [0.4, 0.5) is 0 Å². The van der Waals surface area contributed by atoms with Crippen LogP contribution < -0.4 is 5.73 Å². The van der Waals surface area contributed by atoms with Gasteiger partial charge in [0, 0.05) is 0 Å². The fraction of sp³-hybridized carbons (Fsp3) is 0.800. The third-order valence-electron chi connectivity index (χ3n) is 1.81. The standard InChI is InChI=1S/C10H19NO4/c1-6(8(11)9(13)14)5-7(12)15-10(2,3)4/h6,8H,5,11H2,1-4H3,(H,13,14). The molecule has 88 valence electrons. The summed E-state index contributed by atoms with van der Waals surface area (Å²) in [7, 11) is 0. The van der Waals surface area contributed by atoms with Crippen LogP contribution in [0.1, 0.15) is 34.1 Å². The van der Waals surface area contributed by atoms with E-state index in [4.69, 9.17) is 15.6 Å². The molecule has 0 aliphatic rings. The Morgan fingerprint density at radius 3 is 2.20 bits per heavy atom. The molecule has 0 rings (SSSR count). The van der Waals surface area contributed by atoms with Crippen molar-refractivity contribution in [2.24, 2.45) is 11.7 Å². The molecule has 0 fully saturated rings. The number of hydrogen-bond acceptors (Lipinski definition) is 4. The number of carbonyl (C=O) groups excluding carboxylic acids is 1. The monoisotopic (exact) mass is 217 g/mol. The third-order valence-corrected chi connectivity index (χ3v) is 1.81. The van der Waals surface area contributed by atoms with Crippen molar-refractivity contribution < 1.29 is 19.4 Å². The molecule has 0 aromatic carbocycles. The maximum atomic E-state index is 11.3. The van der Waals surface area contributed by atoms with Crippen LogP contribution in [0.2, 0.25) is 0 Å². The molecule has 0 aliphatic heterocycles. The van der Waals surface area contributed by atoms with Crippen molar-refractivity contribution in [2.75, 3.05) is 0 Å². The van der Waals surface area contributed by atoms with E-state index >= 15 is 0 Å². The highest BCUT2D eigenvalue weighted by molar-refractivity contribution is 5.76. The van der Waals surface area contributed by atoms with Crippen molar-refractivity contribution in [3.05, 3.63) is 0 Å². The first kappa shape index (κ1) is 13.9. The molecule has 2 unspecified atom stereocenters. The van der Waals surface area contributed by atoms with Gasteiger partial charge >= 0.3 is 11.9 Å². The number of nitrogens with two attached hydrogens (primary N) is 1. The first-order chi connectivity index (χ1) is 6.63. The molecule has 0 bridgehead atoms. The number of esters is 1. The Hall–Kier alpha value is -1.10. The Morgan fingerprint density at radius 1 is 1.40 bits per heavy atom. The number of hydrogen-bond donors (Lipinski definition) is 2. The van der Waals surface area contributed by atoms with Crippen molar-refractivity contribution in [3.8, 4) is 0 Å². The molecule has 0 radical (unpaired) electrons. The number of rotatable bonds is 4. The van der Waals surface area contributed by atoms with Crippen LogP contribution in [0.25, 0.3) is 0 Å². The lowest BCUT2D eigenvalue weighted by Crippen LogP contribution is -2.38. The number of aliphatic carboxylic acids is 1. The van der Waals surface area contributed by atoms with Gasteiger partial charge in [0.1, 0.15) is 11.6 Å². The zero-order chi connectivity index (χ0) is 12.2. The fourth-order valence-electron chi connectivity index (χ4n) is 1.02. The molecule has 5 heteroatoms. The van der Waals surface area contributed by atoms with Crippen molar-refractivity contribution in [1.82, 2.24) is 0 Å². The van der Waals surface area contributed by atoms with E-state index in [0.717, 1.165) is 0 Å². The molecule has 2 atom stereocenters. The summed E-state index contributed by atoms with van der Waals surface area (Å²) in [5.41, 5.74) is 4.81. The Kier molecular flexibility index (Phi) is 4.74. The van der Waals surface area contributed by atoms with Crippen LogP contribution in [-0.4, -0.2) is 28.7 Å². The molecule has 3 N–H and O–H groups in total. The second-order valence-corrected chi connectivity index (χ2v) is 4.63. The normalized spacial score (nSPS) is 15.5. The lowest BCUT2D eigenvalue weighted by molar-refractivity contribution is -0.156. The van der Waals surface area contributed by atoms with E-state index in [1.165, 1.54) is 0 Å². The molecule has 0 aliphatic carbocycles. The van der Waals surface area contributed by atoms with Gasteiger partial charge in [-0.2, -0.15) is 0 Å². The highest BCUT2D eigenvalue weighted by Crippen LogP contribution is 2.13. The maximum Gasteiger partial charge on any atom is 0.320 e. The number of carbonyl (C=O) groups is 2. The Bertz CT molecular complexity index is 244. The first-order valence-corrected chi connectivity index (χ1v) is 4.83. The summed E-state index contributed by atoms with van der Waals surface area (Å²) in [6.07, 6.45) is 0.0186. The van der Waals surface area contributed by atoms with Gasteiger partial charge in [-0.25, -0.2) is 0 Å². The minimum absolute atomic E-state index is 0.0186. The summed E-state index contributed by atoms with van der Waals surface area (Å²) in [6, 6.07) is -1.03. The van der Waals surface area contributed by atoms with Gasteiger partial charge in [-0.05, 0) is 26.7 Å². The summed E-state index contributed by atoms with van der Waals surface area (Å²) in [5, 5.41) is 8.62. The molecule has 0 aromatic rings. The summed E-state index contributed by atoms with van der Waals surface area (Å²) in [5.74, 6) is -1.96. The summed E-state index contributed by atoms with van der Waals surface area (Å²) >= 11 is 0. The third kappa shape index (κ3) is 6.06. The number of ether oxygens (including phenoxy) is 1. The molecule has 0 aromatic heterocycles. The highest BCUT2D eigenvalue weighted by Gasteiger charge is 2.25. The predicted octanol–water partition coefficient (Wildman–Crippen LogP) is 0.766. The van der Waals surface area contributed by atoms with Crippen molar-refractivity contribution >= 4 is 11.9 Å². The Labute approximate surface area is 89.6 Å². The zero-order valence-corrected chi connectivity index (χ0v) is 9.61. The fourth-order valence-corrected chi connectivity index (χ4v) is 1.02. The molecule has 0 heterocycles. The second-order valence-electron chi connectivity index (χ2n) is 4.63. The SMILES string of the molecule is CC(CC(=O)OC(C)(C)C)C(N)C(=O)O. The molecule has 5 nitrogen and oxygen atoms in total. The van der Waals surface area contributed by atoms with Gasteiger partial charge in [0.05, 0.1) is 6.42 Å². The average molecular weight is 217 g/mol. The van der Waals surface area contributed by atoms with Gasteiger partial charge in [0.15, 0.2) is 0 Å². The van der Waals surface area contributed by atoms with E-state index in [-0.39, 0.29) is 6.42 Å². The largest absolute Gasteiger partial charge is 0.480 e. The molecule has 0 saturated carbocycles. The first-order valence-electron chi connectivity index (χ1n) is 4.83. The molecule has 15 heavy (non-hydrogen) atoms. The Morgan fingerprint density at radius 2 is 1.87 bits per heavy atom. The average Bonchev–Trinajstić information content (AvgIpc) is 1.98. The van der Waals surface area contributed by atoms with Crippen LogP contribution >= 0.6 is 0 Å². The Balaban J connectivity index is 4.13. The van der Waals surface area contributed by atoms with E-state index in [2.05, 4.69) is 0 Å². The van der Waals surface area contributed by atoms with Gasteiger partial charge in [-0.15, -0.1) is 0 Å². The van der Waals surface area contributed by atoms with E-state index in [1.54, 1.807) is 27.7 Å². The smallest absolute Gasteiger partial charge is 0.320 e. The second kappa shape index (κ2) is 5.11. The van der Waals surface area contributed by atoms with E-state index in [0.29, 0.717) is 0 Å². The minimum Gasteiger partial charge on any atom is -0.480 e. The topological polar surface area (TPSA) is 89.6 Å². The summed E-state index contributed by atoms with van der Waals surface area (Å²) in [6.45, 7) is 6.88. The number of carboxylic acid groups (broad SMARTS) is 1. The van der Waals surface area contributed by atoms with Crippen LogP contribution in [0.15, 0.2) is 0 Å². The quantitative estimate of drug-likeness (QED) is 0.679. The maximum absolute atomic E-state index is 11.3. The van der Waals surface area contributed by atoms with Crippen LogP contribution in [0.5, 0.6) is 0 Å². The van der Waals surface area contributed by atoms with Gasteiger partial charge in [-0.1, -0.05) is 6.92 Å². The molecular formula is C10H19NO4. The predicted molar refractivity (Wildman–Crippen MR) is 55.2 cm³/mol. The van der Waals surface area contributed by atoms with Gasteiger partial charge in [0.2, 0.25) is 0 Å². The zero-order valence-electron chi connectivity index (χ0n) is 9.61. The summed E-state index contributed by atoms with van der Waals surface area (Å²) in [4.78, 5) is 21.9. The van der Waals surface area contributed by atoms with Crippen LogP contribution in [-0.2, 0) is 14.3 Å². The molecular weight excluding hydrogens is 198 g/mol. The lowest BCUT2D eigenvalue weighted by Gasteiger charge is -2.21. The van der Waals surface area contributed by atoms with Crippen molar-refractivity contribution in [2.45, 2.75) is 45.8 Å². The van der Waals surface area contributed by atoms with Gasteiger partial charge in [-0.3, -0.25) is 9.59 Å². The lowest BCUT2D eigenvalue weighted by atomic mass is 9.99. The highest BCUT2D eigenvalue weighted by atomic mass is 16.6. The summed E-state index contributed by atoms with van der Waals surface area (Å²) < 4.78 is 5.05. The molecule has 0 amide bonds. The molecule has 0 spiro atoms. The van der Waals surface area contributed by atoms with Gasteiger partial charge < -0.3 is 15.6 Å². The van der Waals surface area contributed by atoms with Crippen LogP contribution in [0, 0.1) is 5.92 Å². The van der Waals surface area contributed by atoms with E-state index < -0.39 is 29.5 Å². The minimum atomic E-state index is -1.11. The molecule has 0 saturated heterocycles. The van der Waals surface area contributed by atoms with Crippen molar-refractivity contribution in [1.29, 1.82) is 0 Å². The van der Waals surface area contributed by atoms with Crippen molar-refractivity contribution in [3.63, 3.8) is 0 Å². The number of carboxylic acids is 1.